The molecule has 1 aliphatic rings. The van der Waals surface area contributed by atoms with Crippen molar-refractivity contribution in [2.45, 2.75) is 18.8 Å². The number of rotatable bonds is 5. The van der Waals surface area contributed by atoms with E-state index >= 15 is 0 Å². The second-order valence-corrected chi connectivity index (χ2v) is 6.43. The van der Waals surface area contributed by atoms with Crippen molar-refractivity contribution in [2.24, 2.45) is 0 Å². The van der Waals surface area contributed by atoms with E-state index in [-0.39, 0.29) is 18.2 Å². The van der Waals surface area contributed by atoms with E-state index < -0.39 is 0 Å². The van der Waals surface area contributed by atoms with Gasteiger partial charge in [-0.2, -0.15) is 0 Å². The molecule has 1 amide bonds. The quantitative estimate of drug-likeness (QED) is 0.703. The van der Waals surface area contributed by atoms with Crippen LogP contribution in [0.3, 0.4) is 0 Å². The highest BCUT2D eigenvalue weighted by Crippen LogP contribution is 2.28. The van der Waals surface area contributed by atoms with Crippen LogP contribution in [0.5, 0.6) is 5.75 Å². The van der Waals surface area contributed by atoms with Crippen LogP contribution < -0.4 is 4.74 Å². The summed E-state index contributed by atoms with van der Waals surface area (Å²) < 4.78 is 16.1. The van der Waals surface area contributed by atoms with E-state index in [1.165, 1.54) is 0 Å². The monoisotopic (exact) mass is 352 g/mol. The third kappa shape index (κ3) is 3.35. The number of aromatic nitrogens is 1. The lowest BCUT2D eigenvalue weighted by molar-refractivity contribution is -0.129. The van der Waals surface area contributed by atoms with E-state index in [1.807, 2.05) is 47.4 Å². The summed E-state index contributed by atoms with van der Waals surface area (Å²) >= 11 is 0. The number of carbonyl (C=O) groups is 1. The largest absolute Gasteiger partial charge is 0.497 e. The van der Waals surface area contributed by atoms with Crippen LogP contribution in [0.2, 0.25) is 0 Å². The van der Waals surface area contributed by atoms with Crippen molar-refractivity contribution in [2.75, 3.05) is 20.2 Å². The highest BCUT2D eigenvalue weighted by molar-refractivity contribution is 5.79. The van der Waals surface area contributed by atoms with Gasteiger partial charge in [0.1, 0.15) is 11.5 Å². The van der Waals surface area contributed by atoms with Gasteiger partial charge in [0.2, 0.25) is 5.91 Å². The van der Waals surface area contributed by atoms with Crippen LogP contribution in [0.25, 0.3) is 11.3 Å². The van der Waals surface area contributed by atoms with Crippen molar-refractivity contribution in [1.82, 2.24) is 10.1 Å². The Bertz CT molecular complexity index is 885. The molecule has 6 nitrogen and oxygen atoms in total. The minimum absolute atomic E-state index is 0.0598. The Morgan fingerprint density at radius 1 is 1.31 bits per heavy atom. The molecule has 3 aromatic rings. The number of benzene rings is 1. The maximum absolute atomic E-state index is 12.6. The smallest absolute Gasteiger partial charge is 0.228 e. The standard InChI is InChI=1S/C20H20N2O4/c1-24-17-5-2-4-14(10-17)19-11-16(21-26-19)12-20(23)22-8-7-15(13-22)18-6-3-9-25-18/h2-6,9-11,15H,7-8,12-13H2,1H3. The van der Waals surface area contributed by atoms with Crippen LogP contribution in [-0.4, -0.2) is 36.2 Å². The minimum atomic E-state index is 0.0598. The second kappa shape index (κ2) is 7.07. The molecule has 0 spiro atoms. The summed E-state index contributed by atoms with van der Waals surface area (Å²) in [7, 11) is 1.62. The molecule has 1 aromatic carbocycles. The Balaban J connectivity index is 1.40. The molecule has 0 saturated carbocycles. The molecule has 134 valence electrons. The Hall–Kier alpha value is -3.02. The van der Waals surface area contributed by atoms with E-state index in [2.05, 4.69) is 5.16 Å². The van der Waals surface area contributed by atoms with Crippen molar-refractivity contribution < 1.29 is 18.5 Å². The zero-order valence-corrected chi connectivity index (χ0v) is 14.6. The summed E-state index contributed by atoms with van der Waals surface area (Å²) in [5, 5.41) is 4.05. The Kier molecular flexibility index (Phi) is 4.48. The normalized spacial score (nSPS) is 16.8. The lowest BCUT2D eigenvalue weighted by Crippen LogP contribution is -2.29. The average Bonchev–Trinajstić information content (AvgIpc) is 3.41. The summed E-state index contributed by atoms with van der Waals surface area (Å²) in [6, 6.07) is 13.2. The first-order chi connectivity index (χ1) is 12.7. The van der Waals surface area contributed by atoms with Crippen LogP contribution in [0.1, 0.15) is 23.8 Å². The summed E-state index contributed by atoms with van der Waals surface area (Å²) in [6.07, 6.45) is 2.83. The molecule has 1 fully saturated rings. The summed E-state index contributed by atoms with van der Waals surface area (Å²) in [4.78, 5) is 14.4. The van der Waals surface area contributed by atoms with E-state index in [9.17, 15) is 4.79 Å². The van der Waals surface area contributed by atoms with Gasteiger partial charge in [0.25, 0.3) is 0 Å². The Morgan fingerprint density at radius 2 is 2.23 bits per heavy atom. The molecule has 0 radical (unpaired) electrons. The van der Waals surface area contributed by atoms with E-state index in [0.717, 1.165) is 30.0 Å². The molecule has 2 aromatic heterocycles. The van der Waals surface area contributed by atoms with Crippen LogP contribution in [0.4, 0.5) is 0 Å². The highest BCUT2D eigenvalue weighted by Gasteiger charge is 2.29. The number of ether oxygens (including phenoxy) is 1. The molecule has 0 bridgehead atoms. The van der Waals surface area contributed by atoms with E-state index in [4.69, 9.17) is 13.7 Å². The first-order valence-corrected chi connectivity index (χ1v) is 8.64. The average molecular weight is 352 g/mol. The Labute approximate surface area is 151 Å². The van der Waals surface area contributed by atoms with Crippen molar-refractivity contribution in [3.05, 3.63) is 60.2 Å². The third-order valence-electron chi connectivity index (χ3n) is 4.73. The predicted octanol–water partition coefficient (Wildman–Crippen LogP) is 3.50. The molecular weight excluding hydrogens is 332 g/mol. The molecule has 1 saturated heterocycles. The number of nitrogens with zero attached hydrogens (tertiary/aromatic N) is 2. The molecule has 1 aliphatic heterocycles. The van der Waals surface area contributed by atoms with Crippen LogP contribution in [0, 0.1) is 0 Å². The van der Waals surface area contributed by atoms with E-state index in [0.29, 0.717) is 18.0 Å². The number of likely N-dealkylation sites (tertiary alicyclic amines) is 1. The van der Waals surface area contributed by atoms with Crippen molar-refractivity contribution in [3.63, 3.8) is 0 Å². The molecule has 1 unspecified atom stereocenters. The molecule has 4 rings (SSSR count). The number of hydrogen-bond donors (Lipinski definition) is 0. The highest BCUT2D eigenvalue weighted by atomic mass is 16.5. The fraction of sp³-hybridized carbons (Fsp3) is 0.300. The first kappa shape index (κ1) is 16.4. The SMILES string of the molecule is COc1cccc(-c2cc(CC(=O)N3CCC(c4ccco4)C3)no2)c1. The van der Waals surface area contributed by atoms with Gasteiger partial charge in [-0.05, 0) is 30.7 Å². The number of carbonyl (C=O) groups excluding carboxylic acids is 1. The van der Waals surface area contributed by atoms with Gasteiger partial charge in [0.15, 0.2) is 5.76 Å². The van der Waals surface area contributed by atoms with Crippen LogP contribution in [0.15, 0.2) is 57.7 Å². The first-order valence-electron chi connectivity index (χ1n) is 8.64. The van der Waals surface area contributed by atoms with Crippen LogP contribution in [-0.2, 0) is 11.2 Å². The molecule has 3 heterocycles. The molecule has 26 heavy (non-hydrogen) atoms. The number of hydrogen-bond acceptors (Lipinski definition) is 5. The van der Waals surface area contributed by atoms with Gasteiger partial charge >= 0.3 is 0 Å². The second-order valence-electron chi connectivity index (χ2n) is 6.43. The molecular formula is C20H20N2O4. The topological polar surface area (TPSA) is 68.7 Å². The van der Waals surface area contributed by atoms with Gasteiger partial charge in [0, 0.05) is 30.6 Å². The maximum atomic E-state index is 12.6. The van der Waals surface area contributed by atoms with Gasteiger partial charge < -0.3 is 18.6 Å². The third-order valence-corrected chi connectivity index (χ3v) is 4.73. The predicted molar refractivity (Wildman–Crippen MR) is 94.8 cm³/mol. The van der Waals surface area contributed by atoms with E-state index in [1.54, 1.807) is 13.4 Å². The van der Waals surface area contributed by atoms with Gasteiger partial charge in [-0.1, -0.05) is 17.3 Å². The maximum Gasteiger partial charge on any atom is 0.228 e. The van der Waals surface area contributed by atoms with Crippen molar-refractivity contribution in [1.29, 1.82) is 0 Å². The van der Waals surface area contributed by atoms with Crippen molar-refractivity contribution >= 4 is 5.91 Å². The summed E-state index contributed by atoms with van der Waals surface area (Å²) in [6.45, 7) is 1.43. The number of amides is 1. The van der Waals surface area contributed by atoms with Crippen LogP contribution >= 0.6 is 0 Å². The number of furan rings is 1. The summed E-state index contributed by atoms with van der Waals surface area (Å²) in [5.74, 6) is 2.66. The minimum Gasteiger partial charge on any atom is -0.497 e. The number of methoxy groups -OCH3 is 1. The lowest BCUT2D eigenvalue weighted by Gasteiger charge is -2.15. The van der Waals surface area contributed by atoms with Gasteiger partial charge in [-0.25, -0.2) is 0 Å². The fourth-order valence-corrected chi connectivity index (χ4v) is 3.32. The molecule has 6 heteroatoms. The van der Waals surface area contributed by atoms with Gasteiger partial charge in [-0.15, -0.1) is 0 Å². The fourth-order valence-electron chi connectivity index (χ4n) is 3.32. The molecule has 0 aliphatic carbocycles. The zero-order valence-electron chi connectivity index (χ0n) is 14.6. The zero-order chi connectivity index (χ0) is 17.9. The van der Waals surface area contributed by atoms with Gasteiger partial charge in [-0.3, -0.25) is 4.79 Å². The summed E-state index contributed by atoms with van der Waals surface area (Å²) in [5.41, 5.74) is 1.50. The lowest BCUT2D eigenvalue weighted by atomic mass is 10.1. The van der Waals surface area contributed by atoms with Crippen molar-refractivity contribution in [3.8, 4) is 17.1 Å². The molecule has 1 atom stereocenters. The van der Waals surface area contributed by atoms with Gasteiger partial charge in [0.05, 0.1) is 25.5 Å². The molecule has 0 N–H and O–H groups in total. The Morgan fingerprint density at radius 3 is 3.04 bits per heavy atom.